The molecule has 0 amide bonds. The summed E-state index contributed by atoms with van der Waals surface area (Å²) in [6.45, 7) is 15.4. The van der Waals surface area contributed by atoms with Crippen LogP contribution in [0.15, 0.2) is 0 Å². The lowest BCUT2D eigenvalue weighted by molar-refractivity contribution is -0.114. The van der Waals surface area contributed by atoms with Gasteiger partial charge < -0.3 is 23.8 Å². The molecule has 0 radical (unpaired) electrons. The van der Waals surface area contributed by atoms with Crippen LogP contribution in [0.4, 0.5) is 0 Å². The van der Waals surface area contributed by atoms with Gasteiger partial charge in [0.05, 0.1) is 19.8 Å². The van der Waals surface area contributed by atoms with Gasteiger partial charge in [-0.05, 0) is 64.1 Å². The minimum absolute atomic E-state index is 0.147. The van der Waals surface area contributed by atoms with E-state index in [4.69, 9.17) is 13.6 Å². The van der Waals surface area contributed by atoms with E-state index in [9.17, 15) is 10.2 Å². The maximum Gasteiger partial charge on any atom is 0.333 e. The molecule has 2 N–H and O–H groups in total. The summed E-state index contributed by atoms with van der Waals surface area (Å²) in [5.74, 6) is 0.641. The van der Waals surface area contributed by atoms with Gasteiger partial charge in [-0.1, -0.05) is 175 Å². The summed E-state index contributed by atoms with van der Waals surface area (Å²) in [5, 5.41) is 18.5. The van der Waals surface area contributed by atoms with E-state index < -0.39 is 8.56 Å². The zero-order valence-corrected chi connectivity index (χ0v) is 36.4. The Morgan fingerprint density at radius 3 is 1.33 bits per heavy atom. The average molecular weight is 744 g/mol. The fraction of sp³-hybridized carbons (Fsp3) is 1.00. The second-order valence-electron chi connectivity index (χ2n) is 16.1. The highest BCUT2D eigenvalue weighted by molar-refractivity contribution is 6.64. The molecule has 0 aliphatic carbocycles. The average Bonchev–Trinajstić information content (AvgIpc) is 3.11. The number of unbranched alkanes of at least 4 members (excludes halogenated alkanes) is 23. The van der Waals surface area contributed by atoms with E-state index in [2.05, 4.69) is 38.8 Å². The fourth-order valence-corrected chi connectivity index (χ4v) is 8.73. The molecule has 0 saturated carbocycles. The van der Waals surface area contributed by atoms with Crippen LogP contribution in [-0.4, -0.2) is 76.0 Å². The number of rotatable bonds is 43. The summed E-state index contributed by atoms with van der Waals surface area (Å²) in [7, 11) is -2.32. The lowest BCUT2D eigenvalue weighted by atomic mass is 9.95. The van der Waals surface area contributed by atoms with E-state index in [-0.39, 0.29) is 19.5 Å². The van der Waals surface area contributed by atoms with Gasteiger partial charge in [0, 0.05) is 19.7 Å². The zero-order valence-electron chi connectivity index (χ0n) is 35.4. The monoisotopic (exact) mass is 744 g/mol. The second-order valence-corrected chi connectivity index (χ2v) is 19.5. The Balaban J connectivity index is 4.81. The van der Waals surface area contributed by atoms with Crippen LogP contribution in [0, 0.1) is 5.92 Å². The molecule has 7 heteroatoms. The summed E-state index contributed by atoms with van der Waals surface area (Å²) in [6, 6.07) is 0. The van der Waals surface area contributed by atoms with Crippen molar-refractivity contribution in [3.63, 3.8) is 0 Å². The summed E-state index contributed by atoms with van der Waals surface area (Å²) in [5.41, 5.74) is 0. The minimum Gasteiger partial charge on any atom is -0.395 e. The normalized spacial score (nSPS) is 13.4. The lowest BCUT2D eigenvalue weighted by Gasteiger charge is -2.30. The molecule has 0 heterocycles. The molecule has 0 spiro atoms. The van der Waals surface area contributed by atoms with Gasteiger partial charge >= 0.3 is 8.56 Å². The quantitative estimate of drug-likeness (QED) is 0.0368. The van der Waals surface area contributed by atoms with Crippen molar-refractivity contribution in [3.05, 3.63) is 0 Å². The van der Waals surface area contributed by atoms with Crippen LogP contribution in [0.1, 0.15) is 213 Å². The highest BCUT2D eigenvalue weighted by atomic mass is 28.4. The Hall–Kier alpha value is -0.0231. The number of nitrogens with zero attached hydrogens (tertiary/aromatic N) is 1. The molecule has 308 valence electrons. The van der Waals surface area contributed by atoms with E-state index >= 15 is 0 Å². The first kappa shape index (κ1) is 51.0. The molecule has 0 rings (SSSR count). The molecule has 2 unspecified atom stereocenters. The predicted octanol–water partition coefficient (Wildman–Crippen LogP) is 12.7. The van der Waals surface area contributed by atoms with Crippen molar-refractivity contribution in [2.75, 3.05) is 46.1 Å². The van der Waals surface area contributed by atoms with Gasteiger partial charge in [0.15, 0.2) is 0 Å². The molecule has 0 aliphatic rings. The van der Waals surface area contributed by atoms with Gasteiger partial charge in [-0.3, -0.25) is 4.90 Å². The van der Waals surface area contributed by atoms with Crippen LogP contribution in [0.5, 0.6) is 0 Å². The Kier molecular flexibility index (Phi) is 39.6. The third kappa shape index (κ3) is 36.7. The number of aliphatic hydroxyl groups excluding tert-OH is 2. The number of ether oxygens (including phenoxy) is 1. The number of hydrogen-bond acceptors (Lipinski definition) is 6. The van der Waals surface area contributed by atoms with Crippen molar-refractivity contribution >= 4 is 8.56 Å². The van der Waals surface area contributed by atoms with Crippen LogP contribution in [0.3, 0.4) is 0 Å². The first-order valence-corrected chi connectivity index (χ1v) is 25.6. The molecule has 0 fully saturated rings. The zero-order chi connectivity index (χ0) is 37.5. The van der Waals surface area contributed by atoms with Crippen LogP contribution in [-0.2, 0) is 13.6 Å². The van der Waals surface area contributed by atoms with Gasteiger partial charge in [-0.2, -0.15) is 0 Å². The van der Waals surface area contributed by atoms with Crippen molar-refractivity contribution < 1.29 is 23.8 Å². The van der Waals surface area contributed by atoms with Crippen molar-refractivity contribution in [1.29, 1.82) is 0 Å². The summed E-state index contributed by atoms with van der Waals surface area (Å²) >= 11 is 0. The predicted molar refractivity (Wildman–Crippen MR) is 224 cm³/mol. The molecule has 0 aliphatic heterocycles. The maximum absolute atomic E-state index is 9.24. The van der Waals surface area contributed by atoms with Crippen molar-refractivity contribution in [1.82, 2.24) is 4.90 Å². The summed E-state index contributed by atoms with van der Waals surface area (Å²) in [6.07, 6.45) is 39.1. The smallest absolute Gasteiger partial charge is 0.333 e. The van der Waals surface area contributed by atoms with E-state index in [0.29, 0.717) is 19.0 Å². The highest BCUT2D eigenvalue weighted by Gasteiger charge is 2.29. The van der Waals surface area contributed by atoms with Crippen LogP contribution < -0.4 is 0 Å². The Bertz CT molecular complexity index is 663. The maximum atomic E-state index is 9.24. The molecule has 2 atom stereocenters. The third-order valence-corrected chi connectivity index (χ3v) is 12.3. The Morgan fingerprint density at radius 1 is 0.471 bits per heavy atom. The Labute approximate surface area is 321 Å². The van der Waals surface area contributed by atoms with Gasteiger partial charge in [0.2, 0.25) is 0 Å². The second kappa shape index (κ2) is 39.7. The van der Waals surface area contributed by atoms with Gasteiger partial charge in [0.1, 0.15) is 6.29 Å². The highest BCUT2D eigenvalue weighted by Crippen LogP contribution is 2.23. The summed E-state index contributed by atoms with van der Waals surface area (Å²) in [4.78, 5) is 2.14. The molecule has 0 aromatic heterocycles. The number of aliphatic hydroxyl groups is 2. The molecule has 0 saturated heterocycles. The SMILES string of the molecule is CCCCCCCCCCCCCCCC(OCC(CCCCCC)CCCCCCCC)O[Si](C)(C)OCCCCCCN(CCO)CCO. The minimum atomic E-state index is -2.32. The van der Waals surface area contributed by atoms with E-state index in [1.54, 1.807) is 0 Å². The van der Waals surface area contributed by atoms with E-state index in [1.807, 2.05) is 0 Å². The molecular weight excluding hydrogens is 651 g/mol. The molecule has 0 aromatic carbocycles. The third-order valence-electron chi connectivity index (χ3n) is 10.6. The fourth-order valence-electron chi connectivity index (χ4n) is 7.21. The number of hydrogen-bond donors (Lipinski definition) is 2. The molecular formula is C44H93NO5Si. The molecule has 6 nitrogen and oxygen atoms in total. The van der Waals surface area contributed by atoms with Crippen LogP contribution in [0.2, 0.25) is 13.1 Å². The largest absolute Gasteiger partial charge is 0.395 e. The Morgan fingerprint density at radius 2 is 0.863 bits per heavy atom. The first-order valence-electron chi connectivity index (χ1n) is 22.8. The molecule has 0 aromatic rings. The lowest BCUT2D eigenvalue weighted by Crippen LogP contribution is -2.40. The van der Waals surface area contributed by atoms with Crippen molar-refractivity contribution in [2.45, 2.75) is 233 Å². The van der Waals surface area contributed by atoms with Gasteiger partial charge in [-0.15, -0.1) is 0 Å². The van der Waals surface area contributed by atoms with Crippen molar-refractivity contribution in [2.24, 2.45) is 5.92 Å². The van der Waals surface area contributed by atoms with E-state index in [0.717, 1.165) is 51.9 Å². The van der Waals surface area contributed by atoms with Crippen LogP contribution >= 0.6 is 0 Å². The topological polar surface area (TPSA) is 71.4 Å². The molecule has 51 heavy (non-hydrogen) atoms. The standard InChI is InChI=1S/C44H93NO5Si/c1-6-9-12-15-17-18-19-20-21-22-23-25-30-35-44(48-42-43(33-28-14-11-8-3)34-29-24-16-13-10-7-2)50-51(4,5)49-41-32-27-26-31-36-45(37-39-46)38-40-47/h43-44,46-47H,6-42H2,1-5H3. The van der Waals surface area contributed by atoms with Crippen molar-refractivity contribution in [3.8, 4) is 0 Å². The van der Waals surface area contributed by atoms with Gasteiger partial charge in [-0.25, -0.2) is 0 Å². The van der Waals surface area contributed by atoms with E-state index in [1.165, 1.54) is 161 Å². The first-order chi connectivity index (χ1) is 24.9. The summed E-state index contributed by atoms with van der Waals surface area (Å²) < 4.78 is 19.9. The van der Waals surface area contributed by atoms with Crippen LogP contribution in [0.25, 0.3) is 0 Å². The van der Waals surface area contributed by atoms with Gasteiger partial charge in [0.25, 0.3) is 0 Å². The molecule has 0 bridgehead atoms.